The minimum Gasteiger partial charge on any atom is -0.496 e. The standard InChI is InChI=1S/C18H20Cl2N2O/c1-23-17-6-5-15(20)12-16(17)18(22-9-7-21-8-10-22)13-3-2-4-14(19)11-13/h2-6,11-12,18,21H,7-10H2,1H3. The Labute approximate surface area is 147 Å². The molecule has 1 unspecified atom stereocenters. The quantitative estimate of drug-likeness (QED) is 0.901. The van der Waals surface area contributed by atoms with Gasteiger partial charge in [0.2, 0.25) is 0 Å². The van der Waals surface area contributed by atoms with Crippen LogP contribution in [0.1, 0.15) is 17.2 Å². The molecule has 2 aromatic carbocycles. The van der Waals surface area contributed by atoms with Gasteiger partial charge in [-0.25, -0.2) is 0 Å². The van der Waals surface area contributed by atoms with E-state index < -0.39 is 0 Å². The molecule has 0 spiro atoms. The maximum absolute atomic E-state index is 6.26. The van der Waals surface area contributed by atoms with Crippen molar-refractivity contribution in [1.29, 1.82) is 0 Å². The van der Waals surface area contributed by atoms with Crippen LogP contribution in [0.3, 0.4) is 0 Å². The predicted molar refractivity (Wildman–Crippen MR) is 95.7 cm³/mol. The van der Waals surface area contributed by atoms with E-state index in [1.54, 1.807) is 7.11 Å². The van der Waals surface area contributed by atoms with Gasteiger partial charge in [-0.15, -0.1) is 0 Å². The smallest absolute Gasteiger partial charge is 0.124 e. The van der Waals surface area contributed by atoms with Crippen LogP contribution >= 0.6 is 23.2 Å². The summed E-state index contributed by atoms with van der Waals surface area (Å²) < 4.78 is 5.59. The van der Waals surface area contributed by atoms with Crippen LogP contribution in [0, 0.1) is 0 Å². The highest BCUT2D eigenvalue weighted by atomic mass is 35.5. The fourth-order valence-electron chi connectivity index (χ4n) is 3.12. The molecule has 2 aromatic rings. The highest BCUT2D eigenvalue weighted by molar-refractivity contribution is 6.31. The van der Waals surface area contributed by atoms with Crippen LogP contribution < -0.4 is 10.1 Å². The lowest BCUT2D eigenvalue weighted by atomic mass is 9.95. The van der Waals surface area contributed by atoms with Crippen molar-refractivity contribution >= 4 is 23.2 Å². The van der Waals surface area contributed by atoms with E-state index in [0.717, 1.165) is 48.1 Å². The highest BCUT2D eigenvalue weighted by Crippen LogP contribution is 2.37. The molecule has 1 aliphatic heterocycles. The van der Waals surface area contributed by atoms with Crippen LogP contribution in [0.25, 0.3) is 0 Å². The first-order valence-corrected chi connectivity index (χ1v) is 8.48. The molecule has 122 valence electrons. The molecule has 1 heterocycles. The first kappa shape index (κ1) is 16.6. The van der Waals surface area contributed by atoms with Crippen molar-refractivity contribution in [3.05, 3.63) is 63.6 Å². The van der Waals surface area contributed by atoms with Crippen molar-refractivity contribution in [2.45, 2.75) is 6.04 Å². The van der Waals surface area contributed by atoms with E-state index in [-0.39, 0.29) is 6.04 Å². The van der Waals surface area contributed by atoms with Gasteiger partial charge in [0.1, 0.15) is 5.75 Å². The van der Waals surface area contributed by atoms with E-state index in [9.17, 15) is 0 Å². The van der Waals surface area contributed by atoms with Crippen molar-refractivity contribution in [2.75, 3.05) is 33.3 Å². The van der Waals surface area contributed by atoms with Gasteiger partial charge in [-0.2, -0.15) is 0 Å². The molecule has 0 radical (unpaired) electrons. The van der Waals surface area contributed by atoms with Gasteiger partial charge in [-0.1, -0.05) is 35.3 Å². The minimum absolute atomic E-state index is 0.0736. The average molecular weight is 351 g/mol. The normalized spacial score (nSPS) is 17.0. The molecule has 1 saturated heterocycles. The van der Waals surface area contributed by atoms with Crippen molar-refractivity contribution in [3.63, 3.8) is 0 Å². The molecule has 0 bridgehead atoms. The SMILES string of the molecule is COc1ccc(Cl)cc1C(c1cccc(Cl)c1)N1CCNCC1. The number of nitrogens with one attached hydrogen (secondary N) is 1. The molecule has 0 amide bonds. The summed E-state index contributed by atoms with van der Waals surface area (Å²) in [4.78, 5) is 2.44. The van der Waals surface area contributed by atoms with E-state index in [0.29, 0.717) is 5.02 Å². The molecule has 1 N–H and O–H groups in total. The first-order valence-electron chi connectivity index (χ1n) is 7.72. The van der Waals surface area contributed by atoms with Crippen LogP contribution in [0.5, 0.6) is 5.75 Å². The van der Waals surface area contributed by atoms with Gasteiger partial charge in [0.15, 0.2) is 0 Å². The number of benzene rings is 2. The average Bonchev–Trinajstić information content (AvgIpc) is 2.56. The fraction of sp³-hybridized carbons (Fsp3) is 0.333. The number of methoxy groups -OCH3 is 1. The third-order valence-corrected chi connectivity index (χ3v) is 4.64. The van der Waals surface area contributed by atoms with Crippen molar-refractivity contribution in [1.82, 2.24) is 10.2 Å². The fourth-order valence-corrected chi connectivity index (χ4v) is 3.50. The Morgan fingerprint density at radius 1 is 1.04 bits per heavy atom. The van der Waals surface area contributed by atoms with Crippen LogP contribution in [0.4, 0.5) is 0 Å². The lowest BCUT2D eigenvalue weighted by Crippen LogP contribution is -2.45. The summed E-state index contributed by atoms with van der Waals surface area (Å²) in [6.45, 7) is 3.87. The zero-order chi connectivity index (χ0) is 16.2. The van der Waals surface area contributed by atoms with Gasteiger partial charge >= 0.3 is 0 Å². The Hall–Kier alpha value is -1.26. The maximum atomic E-state index is 6.26. The van der Waals surface area contributed by atoms with Crippen LogP contribution in [-0.4, -0.2) is 38.2 Å². The summed E-state index contributed by atoms with van der Waals surface area (Å²) in [7, 11) is 1.69. The van der Waals surface area contributed by atoms with Gasteiger partial charge in [0.05, 0.1) is 13.2 Å². The van der Waals surface area contributed by atoms with Crippen molar-refractivity contribution in [2.24, 2.45) is 0 Å². The molecule has 1 fully saturated rings. The second-order valence-corrected chi connectivity index (χ2v) is 6.50. The molecule has 1 atom stereocenters. The Morgan fingerprint density at radius 2 is 1.78 bits per heavy atom. The largest absolute Gasteiger partial charge is 0.496 e. The van der Waals surface area contributed by atoms with Crippen molar-refractivity contribution in [3.8, 4) is 5.75 Å². The second kappa shape index (κ2) is 7.54. The number of rotatable bonds is 4. The van der Waals surface area contributed by atoms with E-state index in [2.05, 4.69) is 16.3 Å². The van der Waals surface area contributed by atoms with Crippen LogP contribution in [0.2, 0.25) is 10.0 Å². The monoisotopic (exact) mass is 350 g/mol. The molecule has 23 heavy (non-hydrogen) atoms. The second-order valence-electron chi connectivity index (χ2n) is 5.63. The molecular weight excluding hydrogens is 331 g/mol. The molecule has 3 rings (SSSR count). The third-order valence-electron chi connectivity index (χ3n) is 4.17. The van der Waals surface area contributed by atoms with Gasteiger partial charge in [0.25, 0.3) is 0 Å². The zero-order valence-electron chi connectivity index (χ0n) is 13.1. The van der Waals surface area contributed by atoms with Crippen LogP contribution in [-0.2, 0) is 0 Å². The molecular formula is C18H20Cl2N2O. The molecule has 1 aliphatic rings. The number of piperazine rings is 1. The van der Waals surface area contributed by atoms with Crippen LogP contribution in [0.15, 0.2) is 42.5 Å². The molecule has 3 nitrogen and oxygen atoms in total. The van der Waals surface area contributed by atoms with E-state index in [1.807, 2.05) is 36.4 Å². The molecule has 0 saturated carbocycles. The van der Waals surface area contributed by atoms with Crippen molar-refractivity contribution < 1.29 is 4.74 Å². The first-order chi connectivity index (χ1) is 11.2. The Bertz CT molecular complexity index is 672. The Morgan fingerprint density at radius 3 is 2.48 bits per heavy atom. The summed E-state index contributed by atoms with van der Waals surface area (Å²) in [5.74, 6) is 0.845. The number of hydrogen-bond acceptors (Lipinski definition) is 3. The van der Waals surface area contributed by atoms with Gasteiger partial charge in [-0.05, 0) is 35.9 Å². The zero-order valence-corrected chi connectivity index (χ0v) is 14.6. The van der Waals surface area contributed by atoms with Gasteiger partial charge in [-0.3, -0.25) is 4.90 Å². The Kier molecular flexibility index (Phi) is 5.44. The third kappa shape index (κ3) is 3.81. The van der Waals surface area contributed by atoms with E-state index in [1.165, 1.54) is 0 Å². The summed E-state index contributed by atoms with van der Waals surface area (Å²) in [5, 5.41) is 4.85. The number of ether oxygens (including phenoxy) is 1. The highest BCUT2D eigenvalue weighted by Gasteiger charge is 2.26. The van der Waals surface area contributed by atoms with Gasteiger partial charge in [0, 0.05) is 41.8 Å². The van der Waals surface area contributed by atoms with E-state index in [4.69, 9.17) is 27.9 Å². The number of hydrogen-bond donors (Lipinski definition) is 1. The van der Waals surface area contributed by atoms with Gasteiger partial charge < -0.3 is 10.1 Å². The lowest BCUT2D eigenvalue weighted by molar-refractivity contribution is 0.195. The molecule has 0 aliphatic carbocycles. The molecule has 0 aromatic heterocycles. The predicted octanol–water partition coefficient (Wildman–Crippen LogP) is 4.00. The molecule has 5 heteroatoms. The summed E-state index contributed by atoms with van der Waals surface area (Å²) in [5.41, 5.74) is 2.23. The number of halogens is 2. The topological polar surface area (TPSA) is 24.5 Å². The summed E-state index contributed by atoms with van der Waals surface area (Å²) in [6, 6.07) is 13.9. The lowest BCUT2D eigenvalue weighted by Gasteiger charge is -2.36. The summed E-state index contributed by atoms with van der Waals surface area (Å²) >= 11 is 12.5. The maximum Gasteiger partial charge on any atom is 0.124 e. The number of nitrogens with zero attached hydrogens (tertiary/aromatic N) is 1. The van der Waals surface area contributed by atoms with E-state index >= 15 is 0 Å². The Balaban J connectivity index is 2.09. The minimum atomic E-state index is 0.0736. The summed E-state index contributed by atoms with van der Waals surface area (Å²) in [6.07, 6.45) is 0.